The van der Waals surface area contributed by atoms with Gasteiger partial charge in [0.1, 0.15) is 0 Å². The highest BCUT2D eigenvalue weighted by atomic mass is 32.1. The van der Waals surface area contributed by atoms with E-state index in [2.05, 4.69) is 32.4 Å². The van der Waals surface area contributed by atoms with Crippen LogP contribution in [0.3, 0.4) is 0 Å². The number of likely N-dealkylation sites (N-methyl/N-ethyl adjacent to an activating group) is 1. The summed E-state index contributed by atoms with van der Waals surface area (Å²) in [5, 5.41) is 15.5. The molecule has 0 saturated carbocycles. The Morgan fingerprint density at radius 3 is 3.20 bits per heavy atom. The summed E-state index contributed by atoms with van der Waals surface area (Å²) in [6.45, 7) is 1.91. The molecule has 0 bridgehead atoms. The number of aryl methyl sites for hydroxylation is 1. The van der Waals surface area contributed by atoms with Crippen molar-refractivity contribution in [3.8, 4) is 11.5 Å². The molecule has 1 aliphatic rings. The summed E-state index contributed by atoms with van der Waals surface area (Å²) in [6, 6.07) is 1.93. The van der Waals surface area contributed by atoms with Gasteiger partial charge in [-0.2, -0.15) is 11.3 Å². The highest BCUT2D eigenvalue weighted by Gasteiger charge is 2.19. The van der Waals surface area contributed by atoms with Crippen molar-refractivity contribution in [1.82, 2.24) is 20.1 Å². The van der Waals surface area contributed by atoms with Gasteiger partial charge in [0.15, 0.2) is 5.13 Å². The van der Waals surface area contributed by atoms with Crippen LogP contribution in [0.25, 0.3) is 11.5 Å². The first-order valence-electron chi connectivity index (χ1n) is 7.99. The summed E-state index contributed by atoms with van der Waals surface area (Å²) < 4.78 is 5.59. The van der Waals surface area contributed by atoms with E-state index in [-0.39, 0.29) is 12.3 Å². The largest absolute Gasteiger partial charge is 0.421 e. The van der Waals surface area contributed by atoms with Gasteiger partial charge >= 0.3 is 0 Å². The predicted molar refractivity (Wildman–Crippen MR) is 96.7 cm³/mol. The third-order valence-corrected chi connectivity index (χ3v) is 5.65. The van der Waals surface area contributed by atoms with Crippen LogP contribution in [0.15, 0.2) is 21.2 Å². The van der Waals surface area contributed by atoms with Gasteiger partial charge in [-0.15, -0.1) is 21.5 Å². The lowest BCUT2D eigenvalue weighted by Crippen LogP contribution is -2.25. The number of thiophene rings is 1. The summed E-state index contributed by atoms with van der Waals surface area (Å²) in [7, 11) is 2.09. The van der Waals surface area contributed by atoms with Gasteiger partial charge < -0.3 is 14.6 Å². The molecule has 4 heterocycles. The molecule has 3 aromatic heterocycles. The number of carbonyl (C=O) groups excluding carboxylic acids is 1. The zero-order valence-corrected chi connectivity index (χ0v) is 15.3. The van der Waals surface area contributed by atoms with E-state index in [1.807, 2.05) is 16.8 Å². The molecule has 0 aromatic carbocycles. The fourth-order valence-electron chi connectivity index (χ4n) is 2.64. The average molecular weight is 375 g/mol. The third kappa shape index (κ3) is 3.78. The Bertz CT molecular complexity index is 871. The first kappa shape index (κ1) is 16.4. The summed E-state index contributed by atoms with van der Waals surface area (Å²) in [6.07, 6.45) is 1.64. The van der Waals surface area contributed by atoms with Crippen molar-refractivity contribution in [2.45, 2.75) is 25.8 Å². The second-order valence-corrected chi connectivity index (χ2v) is 7.80. The number of fused-ring (bicyclic) bond motifs is 1. The zero-order chi connectivity index (χ0) is 17.2. The Morgan fingerprint density at radius 1 is 1.44 bits per heavy atom. The molecule has 0 unspecified atom stereocenters. The number of nitrogens with one attached hydrogen (secondary N) is 1. The number of aromatic nitrogens is 3. The number of hydrogen-bond donors (Lipinski definition) is 1. The predicted octanol–water partition coefficient (Wildman–Crippen LogP) is 2.81. The van der Waals surface area contributed by atoms with E-state index in [1.165, 1.54) is 4.88 Å². The Hall–Kier alpha value is -2.10. The SMILES string of the molecule is CN1CCc2nc(NC(=O)CCc3nnc(-c4ccsc4)o3)sc2C1. The normalized spacial score (nSPS) is 14.4. The molecule has 0 fully saturated rings. The van der Waals surface area contributed by atoms with Crippen LogP contribution < -0.4 is 5.32 Å². The smallest absolute Gasteiger partial charge is 0.248 e. The Labute approximate surface area is 152 Å². The van der Waals surface area contributed by atoms with Crippen LogP contribution >= 0.6 is 22.7 Å². The van der Waals surface area contributed by atoms with Crippen LogP contribution in [0.5, 0.6) is 0 Å². The van der Waals surface area contributed by atoms with Crippen molar-refractivity contribution in [2.24, 2.45) is 0 Å². The molecule has 0 aliphatic carbocycles. The maximum Gasteiger partial charge on any atom is 0.248 e. The van der Waals surface area contributed by atoms with Crippen LogP contribution in [-0.4, -0.2) is 39.6 Å². The molecular formula is C16H17N5O2S2. The highest BCUT2D eigenvalue weighted by Crippen LogP contribution is 2.28. The number of carbonyl (C=O) groups is 1. The molecule has 130 valence electrons. The molecule has 0 atom stereocenters. The van der Waals surface area contributed by atoms with Crippen LogP contribution in [0.2, 0.25) is 0 Å². The van der Waals surface area contributed by atoms with Crippen LogP contribution in [0.1, 0.15) is 22.9 Å². The highest BCUT2D eigenvalue weighted by molar-refractivity contribution is 7.15. The molecule has 7 nitrogen and oxygen atoms in total. The second kappa shape index (κ2) is 7.03. The van der Waals surface area contributed by atoms with Gasteiger partial charge in [0, 0.05) is 48.2 Å². The first-order valence-corrected chi connectivity index (χ1v) is 9.75. The summed E-state index contributed by atoms with van der Waals surface area (Å²) in [5.74, 6) is 0.875. The van der Waals surface area contributed by atoms with E-state index >= 15 is 0 Å². The van der Waals surface area contributed by atoms with Gasteiger partial charge in [-0.25, -0.2) is 4.98 Å². The standard InChI is InChI=1S/C16H17N5O2S2/c1-21-6-4-11-12(8-21)25-16(17-11)18-13(22)2-3-14-19-20-15(23-14)10-5-7-24-9-10/h5,7,9H,2-4,6,8H2,1H3,(H,17,18,22). The van der Waals surface area contributed by atoms with Crippen molar-refractivity contribution in [3.05, 3.63) is 33.3 Å². The van der Waals surface area contributed by atoms with Crippen molar-refractivity contribution < 1.29 is 9.21 Å². The van der Waals surface area contributed by atoms with Crippen LogP contribution in [0, 0.1) is 0 Å². The number of anilines is 1. The molecular weight excluding hydrogens is 358 g/mol. The first-order chi connectivity index (χ1) is 12.2. The minimum absolute atomic E-state index is 0.0882. The topological polar surface area (TPSA) is 84.2 Å². The minimum atomic E-state index is -0.0882. The van der Waals surface area contributed by atoms with E-state index < -0.39 is 0 Å². The maximum absolute atomic E-state index is 12.2. The Kier molecular flexibility index (Phi) is 4.60. The van der Waals surface area contributed by atoms with Crippen molar-refractivity contribution in [3.63, 3.8) is 0 Å². The molecule has 1 N–H and O–H groups in total. The number of nitrogens with zero attached hydrogens (tertiary/aromatic N) is 4. The molecule has 25 heavy (non-hydrogen) atoms. The van der Waals surface area contributed by atoms with E-state index in [1.54, 1.807) is 22.7 Å². The van der Waals surface area contributed by atoms with Gasteiger partial charge in [0.2, 0.25) is 17.7 Å². The molecule has 1 aliphatic heterocycles. The zero-order valence-electron chi connectivity index (χ0n) is 13.7. The van der Waals surface area contributed by atoms with Crippen molar-refractivity contribution >= 4 is 33.7 Å². The maximum atomic E-state index is 12.2. The fourth-order valence-corrected chi connectivity index (χ4v) is 4.37. The van der Waals surface area contributed by atoms with Crippen molar-refractivity contribution in [1.29, 1.82) is 0 Å². The molecule has 9 heteroatoms. The number of thiazole rings is 1. The second-order valence-electron chi connectivity index (χ2n) is 5.94. The Morgan fingerprint density at radius 2 is 2.36 bits per heavy atom. The molecule has 4 rings (SSSR count). The van der Waals surface area contributed by atoms with Crippen molar-refractivity contribution in [2.75, 3.05) is 18.9 Å². The van der Waals surface area contributed by atoms with E-state index in [0.29, 0.717) is 23.3 Å². The molecule has 0 spiro atoms. The lowest BCUT2D eigenvalue weighted by Gasteiger charge is -2.20. The molecule has 1 amide bonds. The molecule has 0 radical (unpaired) electrons. The summed E-state index contributed by atoms with van der Waals surface area (Å²) >= 11 is 3.13. The quantitative estimate of drug-likeness (QED) is 0.738. The molecule has 0 saturated heterocycles. The van der Waals surface area contributed by atoms with Crippen LogP contribution in [-0.2, 0) is 24.2 Å². The lowest BCUT2D eigenvalue weighted by atomic mass is 10.2. The number of rotatable bonds is 5. The van der Waals surface area contributed by atoms with Gasteiger partial charge in [0.25, 0.3) is 0 Å². The summed E-state index contributed by atoms with van der Waals surface area (Å²) in [4.78, 5) is 20.2. The monoisotopic (exact) mass is 375 g/mol. The third-order valence-electron chi connectivity index (χ3n) is 3.97. The van der Waals surface area contributed by atoms with E-state index in [4.69, 9.17) is 4.42 Å². The fraction of sp³-hybridized carbons (Fsp3) is 0.375. The number of amides is 1. The molecule has 3 aromatic rings. The van der Waals surface area contributed by atoms with Crippen LogP contribution in [0.4, 0.5) is 5.13 Å². The van der Waals surface area contributed by atoms with Gasteiger partial charge in [-0.3, -0.25) is 4.79 Å². The number of hydrogen-bond acceptors (Lipinski definition) is 8. The lowest BCUT2D eigenvalue weighted by molar-refractivity contribution is -0.116. The van der Waals surface area contributed by atoms with E-state index in [9.17, 15) is 4.79 Å². The minimum Gasteiger partial charge on any atom is -0.421 e. The summed E-state index contributed by atoms with van der Waals surface area (Å²) in [5.41, 5.74) is 2.02. The average Bonchev–Trinajstić information content (AvgIpc) is 3.32. The van der Waals surface area contributed by atoms with Gasteiger partial charge in [0.05, 0.1) is 5.69 Å². The van der Waals surface area contributed by atoms with Gasteiger partial charge in [-0.1, -0.05) is 0 Å². The van der Waals surface area contributed by atoms with Gasteiger partial charge in [-0.05, 0) is 18.5 Å². The Balaban J connectivity index is 1.32. The van der Waals surface area contributed by atoms with E-state index in [0.717, 1.165) is 30.8 Å².